The number of methoxy groups -OCH3 is 2. The topological polar surface area (TPSA) is 79.4 Å². The zero-order valence-corrected chi connectivity index (χ0v) is 20.0. The Morgan fingerprint density at radius 3 is 2.35 bits per heavy atom. The van der Waals surface area contributed by atoms with Crippen LogP contribution in [0.2, 0.25) is 0 Å². The first kappa shape index (κ1) is 23.6. The fraction of sp³-hybridized carbons (Fsp3) is 0.423. The number of rotatable bonds is 6. The van der Waals surface area contributed by atoms with Gasteiger partial charge in [0.05, 0.1) is 25.7 Å². The summed E-state index contributed by atoms with van der Waals surface area (Å²) in [6.07, 6.45) is 1.05. The zero-order chi connectivity index (χ0) is 24.2. The van der Waals surface area contributed by atoms with E-state index in [2.05, 4.69) is 6.92 Å². The van der Waals surface area contributed by atoms with Gasteiger partial charge in [-0.15, -0.1) is 0 Å². The minimum Gasteiger partial charge on any atom is -0.497 e. The first-order valence-electron chi connectivity index (χ1n) is 11.6. The predicted molar refractivity (Wildman–Crippen MR) is 128 cm³/mol. The highest BCUT2D eigenvalue weighted by Crippen LogP contribution is 2.30. The van der Waals surface area contributed by atoms with Crippen LogP contribution in [0.25, 0.3) is 0 Å². The van der Waals surface area contributed by atoms with Crippen LogP contribution in [0.1, 0.15) is 29.3 Å². The lowest BCUT2D eigenvalue weighted by Gasteiger charge is -2.36. The van der Waals surface area contributed by atoms with Crippen LogP contribution in [0.3, 0.4) is 0 Å². The van der Waals surface area contributed by atoms with Crippen molar-refractivity contribution in [1.29, 1.82) is 0 Å². The number of para-hydroxylation sites is 1. The Balaban J connectivity index is 1.38. The van der Waals surface area contributed by atoms with Crippen LogP contribution in [-0.2, 0) is 16.0 Å². The molecule has 2 aliphatic rings. The minimum absolute atomic E-state index is 0.0142. The van der Waals surface area contributed by atoms with E-state index in [1.807, 2.05) is 24.3 Å². The van der Waals surface area contributed by atoms with Gasteiger partial charge in [-0.3, -0.25) is 14.4 Å². The molecular weight excluding hydrogens is 434 g/mol. The Labute approximate surface area is 200 Å². The molecule has 0 aliphatic carbocycles. The van der Waals surface area contributed by atoms with Gasteiger partial charge in [-0.1, -0.05) is 25.1 Å². The van der Waals surface area contributed by atoms with E-state index in [1.165, 1.54) is 7.11 Å². The monoisotopic (exact) mass is 465 g/mol. The van der Waals surface area contributed by atoms with Gasteiger partial charge in [0.15, 0.2) is 0 Å². The molecule has 180 valence electrons. The molecule has 1 unspecified atom stereocenters. The lowest BCUT2D eigenvalue weighted by atomic mass is 10.1. The van der Waals surface area contributed by atoms with Crippen LogP contribution in [0.4, 0.5) is 5.69 Å². The van der Waals surface area contributed by atoms with Crippen molar-refractivity contribution in [3.05, 3.63) is 53.6 Å². The molecular formula is C26H31N3O5. The molecule has 34 heavy (non-hydrogen) atoms. The Bertz CT molecular complexity index is 1080. The van der Waals surface area contributed by atoms with Gasteiger partial charge < -0.3 is 24.2 Å². The van der Waals surface area contributed by atoms with Crippen molar-refractivity contribution >= 4 is 23.4 Å². The molecule has 2 aromatic rings. The minimum atomic E-state index is -0.360. The Kier molecular flexibility index (Phi) is 7.05. The van der Waals surface area contributed by atoms with E-state index in [-0.39, 0.29) is 30.1 Å². The first-order valence-corrected chi connectivity index (χ1v) is 11.6. The van der Waals surface area contributed by atoms with Gasteiger partial charge >= 0.3 is 0 Å². The number of anilines is 1. The maximum atomic E-state index is 13.2. The fourth-order valence-electron chi connectivity index (χ4n) is 4.71. The number of hydrogen-bond donors (Lipinski definition) is 0. The standard InChI is InChI=1S/C26H31N3O5/c1-4-18-7-5-6-8-22(18)29-17-19(15-24(29)30)25(31)27-11-13-28(14-12-27)26(32)21-10-9-20(33-2)16-23(21)34-3/h5-10,16,19H,4,11-15,17H2,1-3H3. The second kappa shape index (κ2) is 10.2. The molecule has 0 N–H and O–H groups in total. The number of piperazine rings is 1. The van der Waals surface area contributed by atoms with Crippen LogP contribution in [0, 0.1) is 5.92 Å². The van der Waals surface area contributed by atoms with Gasteiger partial charge in [-0.05, 0) is 30.2 Å². The number of carbonyl (C=O) groups excluding carboxylic acids is 3. The second-order valence-corrected chi connectivity index (χ2v) is 8.57. The normalized spacial score (nSPS) is 18.3. The molecule has 2 aliphatic heterocycles. The third-order valence-electron chi connectivity index (χ3n) is 6.66. The smallest absolute Gasteiger partial charge is 0.257 e. The number of nitrogens with zero attached hydrogens (tertiary/aromatic N) is 3. The maximum absolute atomic E-state index is 13.2. The van der Waals surface area contributed by atoms with E-state index < -0.39 is 0 Å². The molecule has 8 nitrogen and oxygen atoms in total. The van der Waals surface area contributed by atoms with Crippen LogP contribution in [0.5, 0.6) is 11.5 Å². The summed E-state index contributed by atoms with van der Waals surface area (Å²) in [5.74, 6) is 0.551. The predicted octanol–water partition coefficient (Wildman–Crippen LogP) is 2.60. The molecule has 1 atom stereocenters. The highest BCUT2D eigenvalue weighted by Gasteiger charge is 2.38. The van der Waals surface area contributed by atoms with Gasteiger partial charge in [0.2, 0.25) is 11.8 Å². The van der Waals surface area contributed by atoms with Gasteiger partial charge in [-0.25, -0.2) is 0 Å². The third-order valence-corrected chi connectivity index (χ3v) is 6.66. The van der Waals surface area contributed by atoms with Crippen LogP contribution in [-0.4, -0.2) is 74.5 Å². The highest BCUT2D eigenvalue weighted by molar-refractivity contribution is 6.01. The van der Waals surface area contributed by atoms with Crippen molar-refractivity contribution in [3.63, 3.8) is 0 Å². The number of amides is 3. The van der Waals surface area contributed by atoms with Crippen LogP contribution < -0.4 is 14.4 Å². The van der Waals surface area contributed by atoms with E-state index >= 15 is 0 Å². The zero-order valence-electron chi connectivity index (χ0n) is 20.0. The van der Waals surface area contributed by atoms with E-state index in [0.717, 1.165) is 17.7 Å². The van der Waals surface area contributed by atoms with E-state index in [4.69, 9.17) is 9.47 Å². The molecule has 0 bridgehead atoms. The van der Waals surface area contributed by atoms with E-state index in [0.29, 0.717) is 49.8 Å². The first-order chi connectivity index (χ1) is 16.5. The highest BCUT2D eigenvalue weighted by atomic mass is 16.5. The van der Waals surface area contributed by atoms with Crippen LogP contribution in [0.15, 0.2) is 42.5 Å². The Morgan fingerprint density at radius 2 is 1.68 bits per heavy atom. The average Bonchev–Trinajstić information content (AvgIpc) is 3.28. The van der Waals surface area contributed by atoms with E-state index in [1.54, 1.807) is 40.0 Å². The lowest BCUT2D eigenvalue weighted by Crippen LogP contribution is -2.52. The van der Waals surface area contributed by atoms with Gasteiger partial charge in [0.1, 0.15) is 11.5 Å². The van der Waals surface area contributed by atoms with Crippen LogP contribution >= 0.6 is 0 Å². The molecule has 2 saturated heterocycles. The third kappa shape index (κ3) is 4.58. The molecule has 0 saturated carbocycles. The largest absolute Gasteiger partial charge is 0.497 e. The number of aryl methyl sites for hydroxylation is 1. The number of hydrogen-bond acceptors (Lipinski definition) is 5. The summed E-state index contributed by atoms with van der Waals surface area (Å²) < 4.78 is 10.6. The molecule has 0 radical (unpaired) electrons. The molecule has 8 heteroatoms. The van der Waals surface area contributed by atoms with Crippen molar-refractivity contribution in [3.8, 4) is 11.5 Å². The van der Waals surface area contributed by atoms with Crippen molar-refractivity contribution in [2.75, 3.05) is 51.8 Å². The number of ether oxygens (including phenoxy) is 2. The number of carbonyl (C=O) groups is 3. The summed E-state index contributed by atoms with van der Waals surface area (Å²) in [5, 5.41) is 0. The van der Waals surface area contributed by atoms with Crippen molar-refractivity contribution < 1.29 is 23.9 Å². The van der Waals surface area contributed by atoms with Gasteiger partial charge in [-0.2, -0.15) is 0 Å². The number of benzene rings is 2. The second-order valence-electron chi connectivity index (χ2n) is 8.57. The molecule has 4 rings (SSSR count). The Hall–Kier alpha value is -3.55. The quantitative estimate of drug-likeness (QED) is 0.655. The van der Waals surface area contributed by atoms with Crippen molar-refractivity contribution in [2.45, 2.75) is 19.8 Å². The maximum Gasteiger partial charge on any atom is 0.257 e. The lowest BCUT2D eigenvalue weighted by molar-refractivity contribution is -0.137. The summed E-state index contributed by atoms with van der Waals surface area (Å²) in [6.45, 7) is 4.21. The van der Waals surface area contributed by atoms with Crippen molar-refractivity contribution in [1.82, 2.24) is 9.80 Å². The van der Waals surface area contributed by atoms with Gasteiger partial charge in [0, 0.05) is 50.9 Å². The van der Waals surface area contributed by atoms with E-state index in [9.17, 15) is 14.4 Å². The molecule has 3 amide bonds. The molecule has 0 aromatic heterocycles. The van der Waals surface area contributed by atoms with Crippen molar-refractivity contribution in [2.24, 2.45) is 5.92 Å². The molecule has 2 heterocycles. The summed E-state index contributed by atoms with van der Waals surface area (Å²) in [5.41, 5.74) is 2.47. The summed E-state index contributed by atoms with van der Waals surface area (Å²) >= 11 is 0. The summed E-state index contributed by atoms with van der Waals surface area (Å²) in [7, 11) is 3.08. The fourth-order valence-corrected chi connectivity index (χ4v) is 4.71. The summed E-state index contributed by atoms with van der Waals surface area (Å²) in [4.78, 5) is 44.3. The molecule has 2 aromatic carbocycles. The molecule has 2 fully saturated rings. The van der Waals surface area contributed by atoms with Gasteiger partial charge in [0.25, 0.3) is 5.91 Å². The molecule has 0 spiro atoms. The average molecular weight is 466 g/mol. The SMILES string of the molecule is CCc1ccccc1N1CC(C(=O)N2CCN(C(=O)c3ccc(OC)cc3OC)CC2)CC1=O. The summed E-state index contributed by atoms with van der Waals surface area (Å²) in [6, 6.07) is 13.0. The Morgan fingerprint density at radius 1 is 0.971 bits per heavy atom.